The first kappa shape index (κ1) is 17.5. The van der Waals surface area contributed by atoms with Gasteiger partial charge in [0.1, 0.15) is 22.7 Å². The maximum absolute atomic E-state index is 13.3. The highest BCUT2D eigenvalue weighted by Crippen LogP contribution is 2.37. The Kier molecular flexibility index (Phi) is 4.53. The molecule has 2 aromatic carbocycles. The summed E-state index contributed by atoms with van der Waals surface area (Å²) < 4.78 is 28.1. The Balaban J connectivity index is 1.65. The Morgan fingerprint density at radius 3 is 2.37 bits per heavy atom. The fourth-order valence-electron chi connectivity index (χ4n) is 2.83. The van der Waals surface area contributed by atoms with Gasteiger partial charge in [0.05, 0.1) is 6.04 Å². The summed E-state index contributed by atoms with van der Waals surface area (Å²) in [5.74, 6) is -0.354. The number of aromatic nitrogens is 3. The third kappa shape index (κ3) is 3.50. The van der Waals surface area contributed by atoms with Crippen LogP contribution in [0, 0.1) is 18.6 Å². The lowest BCUT2D eigenvalue weighted by atomic mass is 10.0. The van der Waals surface area contributed by atoms with Crippen LogP contribution >= 0.6 is 11.8 Å². The Morgan fingerprint density at radius 1 is 1.07 bits per heavy atom. The highest BCUT2D eigenvalue weighted by Gasteiger charge is 2.37. The van der Waals surface area contributed by atoms with Crippen LogP contribution in [0.5, 0.6) is 0 Å². The van der Waals surface area contributed by atoms with Gasteiger partial charge in [-0.1, -0.05) is 23.9 Å². The smallest absolute Gasteiger partial charge is 0.240 e. The lowest BCUT2D eigenvalue weighted by Crippen LogP contribution is -2.41. The van der Waals surface area contributed by atoms with Gasteiger partial charge in [-0.05, 0) is 48.9 Å². The van der Waals surface area contributed by atoms with E-state index in [0.29, 0.717) is 16.7 Å². The minimum atomic E-state index is -0.586. The number of benzene rings is 2. The predicted octanol–water partition coefficient (Wildman–Crippen LogP) is 3.26. The number of carbonyl (C=O) groups excluding carboxylic acids is 1. The molecule has 1 aromatic heterocycles. The number of halogens is 2. The van der Waals surface area contributed by atoms with Crippen molar-refractivity contribution in [3.63, 3.8) is 0 Å². The van der Waals surface area contributed by atoms with Crippen molar-refractivity contribution in [3.05, 3.63) is 71.6 Å². The summed E-state index contributed by atoms with van der Waals surface area (Å²) in [6.45, 7) is 1.80. The summed E-state index contributed by atoms with van der Waals surface area (Å²) >= 11 is 1.26. The van der Waals surface area contributed by atoms with Crippen molar-refractivity contribution in [3.8, 4) is 0 Å². The molecule has 138 valence electrons. The Morgan fingerprint density at radius 2 is 1.70 bits per heavy atom. The van der Waals surface area contributed by atoms with E-state index in [2.05, 4.69) is 20.9 Å². The molecule has 0 saturated heterocycles. The van der Waals surface area contributed by atoms with E-state index in [1.54, 1.807) is 23.7 Å². The molecule has 2 atom stereocenters. The summed E-state index contributed by atoms with van der Waals surface area (Å²) in [5, 5.41) is 10.9. The number of nitrogens with zero attached hydrogens (tertiary/aromatic N) is 3. The summed E-state index contributed by atoms with van der Waals surface area (Å²) in [5.41, 5.74) is 4.48. The summed E-state index contributed by atoms with van der Waals surface area (Å²) in [6, 6.07) is 11.1. The highest BCUT2D eigenvalue weighted by molar-refractivity contribution is 8.00. The standard InChI is InChI=1S/C18H15F2N5OS/c1-10-22-23-18-25(10)24-15(11-2-4-12(19)5-3-11)16(27-18)17(26)21-14-8-6-13(20)7-9-14/h2-9,15-16,24H,1H3,(H,21,26)/t15-,16-/m0/s1. The van der Waals surface area contributed by atoms with Gasteiger partial charge in [-0.25, -0.2) is 13.5 Å². The molecule has 0 saturated carbocycles. The van der Waals surface area contributed by atoms with Gasteiger partial charge in [0.15, 0.2) is 0 Å². The van der Waals surface area contributed by atoms with Crippen LogP contribution in [0.15, 0.2) is 53.7 Å². The maximum Gasteiger partial charge on any atom is 0.240 e. The van der Waals surface area contributed by atoms with Gasteiger partial charge < -0.3 is 10.7 Å². The second-order valence-corrected chi connectivity index (χ2v) is 7.17. The van der Waals surface area contributed by atoms with Crippen LogP contribution in [0.2, 0.25) is 0 Å². The molecule has 2 heterocycles. The van der Waals surface area contributed by atoms with Crippen LogP contribution in [-0.4, -0.2) is 26.0 Å². The predicted molar refractivity (Wildman–Crippen MR) is 97.9 cm³/mol. The molecule has 0 fully saturated rings. The Hall–Kier alpha value is -2.94. The molecule has 4 rings (SSSR count). The maximum atomic E-state index is 13.3. The minimum absolute atomic E-state index is 0.277. The van der Waals surface area contributed by atoms with Crippen molar-refractivity contribution in [1.82, 2.24) is 14.9 Å². The second kappa shape index (κ2) is 6.99. The number of hydrogen-bond donors (Lipinski definition) is 2. The number of amides is 1. The van der Waals surface area contributed by atoms with E-state index in [9.17, 15) is 13.6 Å². The summed E-state index contributed by atoms with van der Waals surface area (Å²) in [6.07, 6.45) is 0. The van der Waals surface area contributed by atoms with Gasteiger partial charge in [-0.2, -0.15) is 0 Å². The monoisotopic (exact) mass is 387 g/mol. The highest BCUT2D eigenvalue weighted by atomic mass is 32.2. The number of fused-ring (bicyclic) bond motifs is 1. The zero-order valence-electron chi connectivity index (χ0n) is 14.2. The third-order valence-electron chi connectivity index (χ3n) is 4.20. The van der Waals surface area contributed by atoms with Crippen LogP contribution in [0.4, 0.5) is 14.5 Å². The molecule has 9 heteroatoms. The number of hydrogen-bond acceptors (Lipinski definition) is 5. The number of carbonyl (C=O) groups is 1. The fraction of sp³-hybridized carbons (Fsp3) is 0.167. The molecule has 1 aliphatic rings. The molecule has 6 nitrogen and oxygen atoms in total. The number of thioether (sulfide) groups is 1. The van der Waals surface area contributed by atoms with Gasteiger partial charge in [0.2, 0.25) is 11.1 Å². The van der Waals surface area contributed by atoms with Gasteiger partial charge in [0, 0.05) is 5.69 Å². The SMILES string of the molecule is Cc1nnc2n1N[C@@H](c1ccc(F)cc1)[C@@H](C(=O)Nc1ccc(F)cc1)S2. The summed E-state index contributed by atoms with van der Waals surface area (Å²) in [4.78, 5) is 12.9. The minimum Gasteiger partial charge on any atom is -0.325 e. The number of rotatable bonds is 3. The third-order valence-corrected chi connectivity index (χ3v) is 5.41. The topological polar surface area (TPSA) is 71.8 Å². The second-order valence-electron chi connectivity index (χ2n) is 6.06. The molecule has 1 amide bonds. The lowest BCUT2D eigenvalue weighted by Gasteiger charge is -2.32. The molecular formula is C18H15F2N5OS. The first-order chi connectivity index (χ1) is 13.0. The van der Waals surface area contributed by atoms with Crippen LogP contribution < -0.4 is 10.7 Å². The first-order valence-corrected chi connectivity index (χ1v) is 9.06. The van der Waals surface area contributed by atoms with E-state index < -0.39 is 11.3 Å². The van der Waals surface area contributed by atoms with Gasteiger partial charge >= 0.3 is 0 Å². The molecule has 1 aliphatic heterocycles. The van der Waals surface area contributed by atoms with Crippen LogP contribution in [0.3, 0.4) is 0 Å². The van der Waals surface area contributed by atoms with E-state index in [1.165, 1.54) is 48.2 Å². The summed E-state index contributed by atoms with van der Waals surface area (Å²) in [7, 11) is 0. The zero-order chi connectivity index (χ0) is 19.0. The van der Waals surface area contributed by atoms with E-state index >= 15 is 0 Å². The van der Waals surface area contributed by atoms with Crippen molar-refractivity contribution in [2.45, 2.75) is 23.4 Å². The lowest BCUT2D eigenvalue weighted by molar-refractivity contribution is -0.116. The van der Waals surface area contributed by atoms with Crippen molar-refractivity contribution in [2.75, 3.05) is 10.7 Å². The average Bonchev–Trinajstić information content (AvgIpc) is 3.03. The number of nitrogens with one attached hydrogen (secondary N) is 2. The molecule has 0 aliphatic carbocycles. The Bertz CT molecular complexity index is 974. The molecule has 2 N–H and O–H groups in total. The zero-order valence-corrected chi connectivity index (χ0v) is 15.0. The molecule has 27 heavy (non-hydrogen) atoms. The molecule has 0 radical (unpaired) electrons. The molecule has 0 spiro atoms. The van der Waals surface area contributed by atoms with Crippen molar-refractivity contribution >= 4 is 23.4 Å². The quantitative estimate of drug-likeness (QED) is 0.722. The van der Waals surface area contributed by atoms with E-state index in [1.807, 2.05) is 0 Å². The largest absolute Gasteiger partial charge is 0.325 e. The van der Waals surface area contributed by atoms with Gasteiger partial charge in [-0.15, -0.1) is 10.2 Å². The first-order valence-electron chi connectivity index (χ1n) is 8.18. The van der Waals surface area contributed by atoms with Gasteiger partial charge in [0.25, 0.3) is 0 Å². The molecular weight excluding hydrogens is 372 g/mol. The van der Waals surface area contributed by atoms with Crippen molar-refractivity contribution in [2.24, 2.45) is 0 Å². The van der Waals surface area contributed by atoms with E-state index in [0.717, 1.165) is 5.56 Å². The number of aryl methyl sites for hydroxylation is 1. The van der Waals surface area contributed by atoms with E-state index in [-0.39, 0.29) is 17.5 Å². The Labute approximate surface area is 158 Å². The van der Waals surface area contributed by atoms with E-state index in [4.69, 9.17) is 0 Å². The normalized spacial score (nSPS) is 18.5. The van der Waals surface area contributed by atoms with Crippen LogP contribution in [0.1, 0.15) is 17.4 Å². The fourth-order valence-corrected chi connectivity index (χ4v) is 3.95. The van der Waals surface area contributed by atoms with Crippen LogP contribution in [-0.2, 0) is 4.79 Å². The molecule has 0 bridgehead atoms. The van der Waals surface area contributed by atoms with Crippen LogP contribution in [0.25, 0.3) is 0 Å². The number of anilines is 1. The van der Waals surface area contributed by atoms with Crippen molar-refractivity contribution < 1.29 is 13.6 Å². The molecule has 0 unspecified atom stereocenters. The molecule has 3 aromatic rings. The average molecular weight is 387 g/mol. The van der Waals surface area contributed by atoms with Crippen molar-refractivity contribution in [1.29, 1.82) is 0 Å². The van der Waals surface area contributed by atoms with Gasteiger partial charge in [-0.3, -0.25) is 4.79 Å².